The lowest BCUT2D eigenvalue weighted by Gasteiger charge is -2.42. The van der Waals surface area contributed by atoms with Crippen LogP contribution in [0.25, 0.3) is 0 Å². The van der Waals surface area contributed by atoms with Crippen molar-refractivity contribution in [2.45, 2.75) is 82.2 Å². The second kappa shape index (κ2) is 7.41. The molecule has 0 spiro atoms. The van der Waals surface area contributed by atoms with Gasteiger partial charge in [0.05, 0.1) is 4.08 Å². The number of carbonyl (C=O) groups excluding carboxylic acids is 1. The first-order valence-electron chi connectivity index (χ1n) is 7.93. The van der Waals surface area contributed by atoms with Gasteiger partial charge in [-0.15, -0.1) is 23.5 Å². The molecule has 0 radical (unpaired) electrons. The van der Waals surface area contributed by atoms with Crippen molar-refractivity contribution < 1.29 is 9.22 Å². The van der Waals surface area contributed by atoms with Gasteiger partial charge in [0.2, 0.25) is 0 Å². The van der Waals surface area contributed by atoms with E-state index in [2.05, 4.69) is 40.8 Å². The van der Waals surface area contributed by atoms with Crippen molar-refractivity contribution in [1.29, 1.82) is 0 Å². The molecule has 1 rings (SSSR count). The Labute approximate surface area is 140 Å². The highest BCUT2D eigenvalue weighted by Gasteiger charge is 2.41. The van der Waals surface area contributed by atoms with E-state index in [1.165, 1.54) is 17.9 Å². The topological polar surface area (TPSA) is 26.3 Å². The Balaban J connectivity index is 2.72. The van der Waals surface area contributed by atoms with Crippen LogP contribution in [0.4, 0.5) is 0 Å². The summed E-state index contributed by atoms with van der Waals surface area (Å²) in [5.74, 6) is 2.65. The molecule has 21 heavy (non-hydrogen) atoms. The van der Waals surface area contributed by atoms with Gasteiger partial charge in [-0.05, 0) is 56.3 Å². The molecule has 0 aromatic carbocycles. The van der Waals surface area contributed by atoms with E-state index in [1.807, 2.05) is 23.5 Å². The molecule has 0 unspecified atom stereocenters. The molecule has 0 aromatic heterocycles. The van der Waals surface area contributed by atoms with Gasteiger partial charge in [-0.25, -0.2) is 0 Å². The van der Waals surface area contributed by atoms with E-state index >= 15 is 0 Å². The molecule has 0 aromatic rings. The summed E-state index contributed by atoms with van der Waals surface area (Å²) in [6, 6.07) is 0. The van der Waals surface area contributed by atoms with Crippen LogP contribution in [-0.2, 0) is 9.22 Å². The van der Waals surface area contributed by atoms with Crippen LogP contribution in [0.15, 0.2) is 0 Å². The van der Waals surface area contributed by atoms with E-state index in [-0.39, 0.29) is 15.2 Å². The van der Waals surface area contributed by atoms with Gasteiger partial charge >= 0.3 is 0 Å². The quantitative estimate of drug-likeness (QED) is 0.606. The summed E-state index contributed by atoms with van der Waals surface area (Å²) >= 11 is 3.96. The maximum Gasteiger partial charge on any atom is 0.192 e. The molecule has 1 fully saturated rings. The van der Waals surface area contributed by atoms with Gasteiger partial charge in [0, 0.05) is 12.5 Å². The number of hydrogen-bond donors (Lipinski definition) is 0. The van der Waals surface area contributed by atoms with Gasteiger partial charge in [0.1, 0.15) is 5.78 Å². The van der Waals surface area contributed by atoms with Crippen LogP contribution in [0.5, 0.6) is 0 Å². The van der Waals surface area contributed by atoms with Gasteiger partial charge in [0.15, 0.2) is 8.32 Å². The van der Waals surface area contributed by atoms with Crippen LogP contribution in [0.2, 0.25) is 18.1 Å². The predicted molar refractivity (Wildman–Crippen MR) is 99.9 cm³/mol. The molecule has 0 bridgehead atoms. The first kappa shape index (κ1) is 19.6. The fraction of sp³-hybridized carbons (Fsp3) is 0.938. The minimum absolute atomic E-state index is 0.0475. The number of carbonyl (C=O) groups is 1. The van der Waals surface area contributed by atoms with Gasteiger partial charge < -0.3 is 4.43 Å². The average Bonchev–Trinajstić information content (AvgIpc) is 2.25. The number of thioether (sulfide) groups is 2. The fourth-order valence-corrected chi connectivity index (χ4v) is 7.54. The first-order chi connectivity index (χ1) is 9.47. The van der Waals surface area contributed by atoms with Gasteiger partial charge in [-0.2, -0.15) is 0 Å². The van der Waals surface area contributed by atoms with Crippen LogP contribution in [0, 0.1) is 0 Å². The standard InChI is InChI=1S/C16H32O2S2Si/c1-13(17)11-16(19-9-8-10-20-16)12-14(2)18-21(6,7)15(3,4)5/h14H,8-12H2,1-7H3/t14-/m1/s1. The number of ketones is 1. The number of hydrogen-bond acceptors (Lipinski definition) is 4. The van der Waals surface area contributed by atoms with Crippen molar-refractivity contribution >= 4 is 37.6 Å². The molecular weight excluding hydrogens is 316 g/mol. The summed E-state index contributed by atoms with van der Waals surface area (Å²) in [6.07, 6.45) is 3.14. The lowest BCUT2D eigenvalue weighted by molar-refractivity contribution is -0.117. The lowest BCUT2D eigenvalue weighted by Crippen LogP contribution is -2.45. The van der Waals surface area contributed by atoms with E-state index in [0.29, 0.717) is 12.2 Å². The Morgan fingerprint density at radius 2 is 1.81 bits per heavy atom. The minimum Gasteiger partial charge on any atom is -0.414 e. The van der Waals surface area contributed by atoms with Crippen LogP contribution in [-0.4, -0.2) is 35.8 Å². The van der Waals surface area contributed by atoms with E-state index in [9.17, 15) is 4.79 Å². The predicted octanol–water partition coefficient (Wildman–Crippen LogP) is 5.33. The van der Waals surface area contributed by atoms with E-state index in [4.69, 9.17) is 4.43 Å². The molecule has 1 atom stereocenters. The van der Waals surface area contributed by atoms with Crippen LogP contribution in [0.3, 0.4) is 0 Å². The molecule has 1 heterocycles. The van der Waals surface area contributed by atoms with Crippen molar-refractivity contribution in [2.24, 2.45) is 0 Å². The largest absolute Gasteiger partial charge is 0.414 e. The molecule has 0 amide bonds. The lowest BCUT2D eigenvalue weighted by atomic mass is 10.1. The van der Waals surface area contributed by atoms with E-state index in [0.717, 1.165) is 6.42 Å². The van der Waals surface area contributed by atoms with Crippen molar-refractivity contribution in [3.05, 3.63) is 0 Å². The molecule has 0 N–H and O–H groups in total. The smallest absolute Gasteiger partial charge is 0.192 e. The van der Waals surface area contributed by atoms with E-state index < -0.39 is 8.32 Å². The maximum absolute atomic E-state index is 11.7. The third-order valence-corrected chi connectivity index (χ3v) is 12.4. The highest BCUT2D eigenvalue weighted by molar-refractivity contribution is 8.18. The van der Waals surface area contributed by atoms with Crippen LogP contribution >= 0.6 is 23.5 Å². The summed E-state index contributed by atoms with van der Waals surface area (Å²) < 4.78 is 6.56. The molecule has 1 aliphatic heterocycles. The molecular formula is C16H32O2S2Si. The summed E-state index contributed by atoms with van der Waals surface area (Å²) in [5, 5.41) is 0.238. The zero-order chi connectivity index (χ0) is 16.3. The van der Waals surface area contributed by atoms with Gasteiger partial charge in [-0.3, -0.25) is 4.79 Å². The summed E-state index contributed by atoms with van der Waals surface area (Å²) in [5.41, 5.74) is 0. The zero-order valence-electron chi connectivity index (χ0n) is 14.7. The molecule has 0 aliphatic carbocycles. The molecule has 1 aliphatic rings. The summed E-state index contributed by atoms with van der Waals surface area (Å²) in [6.45, 7) is 15.4. The van der Waals surface area contributed by atoms with E-state index in [1.54, 1.807) is 6.92 Å². The second-order valence-corrected chi connectivity index (χ2v) is 15.7. The molecule has 0 saturated carbocycles. The number of rotatable bonds is 6. The van der Waals surface area contributed by atoms with Gasteiger partial charge in [0.25, 0.3) is 0 Å². The third kappa shape index (κ3) is 5.92. The van der Waals surface area contributed by atoms with Crippen molar-refractivity contribution in [2.75, 3.05) is 11.5 Å². The maximum atomic E-state index is 11.7. The highest BCUT2D eigenvalue weighted by atomic mass is 32.2. The normalized spacial score (nSPS) is 21.1. The second-order valence-electron chi connectivity index (χ2n) is 7.73. The Bertz CT molecular complexity index is 358. The Morgan fingerprint density at radius 1 is 1.29 bits per heavy atom. The van der Waals surface area contributed by atoms with Crippen molar-refractivity contribution in [3.63, 3.8) is 0 Å². The van der Waals surface area contributed by atoms with Gasteiger partial charge in [-0.1, -0.05) is 20.8 Å². The molecule has 5 heteroatoms. The van der Waals surface area contributed by atoms with Crippen LogP contribution < -0.4 is 0 Å². The first-order valence-corrected chi connectivity index (χ1v) is 12.8. The average molecular weight is 349 g/mol. The zero-order valence-corrected chi connectivity index (χ0v) is 17.4. The molecule has 124 valence electrons. The molecule has 1 saturated heterocycles. The Hall–Kier alpha value is 0.547. The minimum atomic E-state index is -1.73. The third-order valence-electron chi connectivity index (χ3n) is 4.44. The van der Waals surface area contributed by atoms with Crippen LogP contribution in [0.1, 0.15) is 53.9 Å². The SMILES string of the molecule is CC(=O)CC1(C[C@@H](C)O[Si](C)(C)C(C)(C)C)SCCCS1. The van der Waals surface area contributed by atoms with Crippen molar-refractivity contribution in [1.82, 2.24) is 0 Å². The molecule has 2 nitrogen and oxygen atoms in total. The highest BCUT2D eigenvalue weighted by Crippen LogP contribution is 2.49. The summed E-state index contributed by atoms with van der Waals surface area (Å²) in [7, 11) is -1.73. The Kier molecular flexibility index (Phi) is 6.91. The monoisotopic (exact) mass is 348 g/mol. The summed E-state index contributed by atoms with van der Waals surface area (Å²) in [4.78, 5) is 11.7. The number of Topliss-reactive ketones (excluding diaryl/α,β-unsaturated/α-hetero) is 1. The van der Waals surface area contributed by atoms with Crippen molar-refractivity contribution in [3.8, 4) is 0 Å². The Morgan fingerprint density at radius 3 is 2.24 bits per heavy atom. The fourth-order valence-electron chi connectivity index (χ4n) is 2.45.